The topological polar surface area (TPSA) is 47.9 Å². The molecule has 0 aliphatic heterocycles. The molecule has 0 unspecified atom stereocenters. The Morgan fingerprint density at radius 2 is 1.59 bits per heavy atom. The highest BCUT2D eigenvalue weighted by Gasteiger charge is 2.20. The van der Waals surface area contributed by atoms with Crippen molar-refractivity contribution in [3.63, 3.8) is 0 Å². The number of nitrogens with zero attached hydrogens (tertiary/aromatic N) is 3. The molecule has 3 aromatic heterocycles. The second-order valence-corrected chi connectivity index (χ2v) is 7.81. The molecule has 3 heterocycles. The number of fused-ring (bicyclic) bond motifs is 3. The van der Waals surface area contributed by atoms with Crippen molar-refractivity contribution in [2.24, 2.45) is 0 Å². The number of rotatable bonds is 4. The van der Waals surface area contributed by atoms with Crippen LogP contribution >= 0.6 is 22.9 Å². The molecule has 0 atom stereocenters. The number of halogens is 1. The molecule has 0 saturated heterocycles. The molecular formula is C23H16ClN3OS. The lowest BCUT2D eigenvalue weighted by Crippen LogP contribution is -1.96. The lowest BCUT2D eigenvalue weighted by Gasteiger charge is -2.08. The molecule has 0 aliphatic carbocycles. The van der Waals surface area contributed by atoms with E-state index in [0.29, 0.717) is 12.5 Å². The Labute approximate surface area is 176 Å². The quantitative estimate of drug-likeness (QED) is 0.308. The van der Waals surface area contributed by atoms with Crippen molar-refractivity contribution in [2.45, 2.75) is 6.92 Å². The minimum atomic E-state index is 0.173. The molecule has 0 amide bonds. The van der Waals surface area contributed by atoms with Crippen molar-refractivity contribution in [3.05, 3.63) is 72.0 Å². The summed E-state index contributed by atoms with van der Waals surface area (Å²) >= 11 is 7.76. The number of pyridine rings is 1. The zero-order valence-electron chi connectivity index (χ0n) is 15.6. The smallest absolute Gasteiger partial charge is 0.236 e. The molecular weight excluding hydrogens is 402 g/mol. The van der Waals surface area contributed by atoms with E-state index in [-0.39, 0.29) is 5.28 Å². The van der Waals surface area contributed by atoms with Crippen molar-refractivity contribution < 1.29 is 4.74 Å². The molecule has 6 heteroatoms. The van der Waals surface area contributed by atoms with Crippen LogP contribution in [-0.2, 0) is 0 Å². The molecule has 0 spiro atoms. The van der Waals surface area contributed by atoms with Gasteiger partial charge in [0.2, 0.25) is 11.2 Å². The third-order valence-electron chi connectivity index (χ3n) is 4.66. The average Bonchev–Trinajstić information content (AvgIpc) is 3.13. The minimum Gasteiger partial charge on any atom is -0.477 e. The summed E-state index contributed by atoms with van der Waals surface area (Å²) in [5.74, 6) is 0.505. The molecule has 142 valence electrons. The summed E-state index contributed by atoms with van der Waals surface area (Å²) in [4.78, 5) is 14.7. The number of thiophene rings is 1. The van der Waals surface area contributed by atoms with Gasteiger partial charge in [-0.3, -0.25) is 0 Å². The first-order valence-corrected chi connectivity index (χ1v) is 10.5. The molecule has 0 bridgehead atoms. The summed E-state index contributed by atoms with van der Waals surface area (Å²) in [6.45, 7) is 2.43. The first-order chi connectivity index (χ1) is 14.2. The molecule has 0 radical (unpaired) electrons. The molecule has 29 heavy (non-hydrogen) atoms. The van der Waals surface area contributed by atoms with Gasteiger partial charge in [-0.25, -0.2) is 9.97 Å². The normalized spacial score (nSPS) is 11.2. The van der Waals surface area contributed by atoms with Crippen molar-refractivity contribution in [1.82, 2.24) is 15.0 Å². The van der Waals surface area contributed by atoms with Crippen molar-refractivity contribution in [1.29, 1.82) is 0 Å². The van der Waals surface area contributed by atoms with Crippen LogP contribution in [0.1, 0.15) is 6.92 Å². The first-order valence-electron chi connectivity index (χ1n) is 9.29. The van der Waals surface area contributed by atoms with Crippen LogP contribution < -0.4 is 4.74 Å². The summed E-state index contributed by atoms with van der Waals surface area (Å²) in [5.41, 5.74) is 4.93. The number of hydrogen-bond donors (Lipinski definition) is 0. The van der Waals surface area contributed by atoms with Crippen LogP contribution in [0.3, 0.4) is 0 Å². The highest BCUT2D eigenvalue weighted by atomic mass is 35.5. The van der Waals surface area contributed by atoms with Crippen LogP contribution in [0.4, 0.5) is 0 Å². The van der Waals surface area contributed by atoms with E-state index in [1.807, 2.05) is 43.3 Å². The van der Waals surface area contributed by atoms with Gasteiger partial charge in [0.25, 0.3) is 0 Å². The molecule has 0 fully saturated rings. The van der Waals surface area contributed by atoms with E-state index in [2.05, 4.69) is 40.3 Å². The van der Waals surface area contributed by atoms with E-state index in [1.165, 1.54) is 11.3 Å². The molecule has 0 N–H and O–H groups in total. The predicted octanol–water partition coefficient (Wildman–Crippen LogP) is 6.63. The maximum absolute atomic E-state index is 6.22. The van der Waals surface area contributed by atoms with E-state index in [9.17, 15) is 0 Å². The second kappa shape index (κ2) is 7.43. The van der Waals surface area contributed by atoms with Gasteiger partial charge in [0.15, 0.2) is 0 Å². The van der Waals surface area contributed by atoms with Gasteiger partial charge < -0.3 is 4.74 Å². The van der Waals surface area contributed by atoms with Gasteiger partial charge in [0.05, 0.1) is 12.3 Å². The maximum Gasteiger partial charge on any atom is 0.236 e. The first kappa shape index (κ1) is 18.0. The highest BCUT2D eigenvalue weighted by Crippen LogP contribution is 2.43. The lowest BCUT2D eigenvalue weighted by molar-refractivity contribution is 0.331. The Balaban J connectivity index is 1.89. The van der Waals surface area contributed by atoms with E-state index < -0.39 is 0 Å². The van der Waals surface area contributed by atoms with Gasteiger partial charge in [-0.05, 0) is 35.7 Å². The number of benzene rings is 2. The van der Waals surface area contributed by atoms with E-state index in [0.717, 1.165) is 42.8 Å². The molecule has 2 aromatic carbocycles. The molecule has 4 nitrogen and oxygen atoms in total. The summed E-state index contributed by atoms with van der Waals surface area (Å²) < 4.78 is 6.60. The van der Waals surface area contributed by atoms with Crippen molar-refractivity contribution in [2.75, 3.05) is 6.61 Å². The van der Waals surface area contributed by atoms with Crippen molar-refractivity contribution in [3.8, 4) is 28.3 Å². The Hall–Kier alpha value is -3.02. The van der Waals surface area contributed by atoms with Gasteiger partial charge in [-0.1, -0.05) is 60.7 Å². The Morgan fingerprint density at radius 3 is 2.28 bits per heavy atom. The Kier molecular flexibility index (Phi) is 4.62. The highest BCUT2D eigenvalue weighted by molar-refractivity contribution is 7.25. The van der Waals surface area contributed by atoms with Crippen LogP contribution in [0.2, 0.25) is 5.28 Å². The van der Waals surface area contributed by atoms with Gasteiger partial charge in [-0.15, -0.1) is 11.3 Å². The maximum atomic E-state index is 6.22. The average molecular weight is 418 g/mol. The Bertz CT molecular complexity index is 1320. The predicted molar refractivity (Wildman–Crippen MR) is 120 cm³/mol. The lowest BCUT2D eigenvalue weighted by atomic mass is 10.00. The fourth-order valence-electron chi connectivity index (χ4n) is 3.42. The van der Waals surface area contributed by atoms with Crippen LogP contribution in [0.15, 0.2) is 66.7 Å². The van der Waals surface area contributed by atoms with Crippen LogP contribution in [0.5, 0.6) is 5.88 Å². The summed E-state index contributed by atoms with van der Waals surface area (Å²) in [7, 11) is 0. The molecule has 5 aromatic rings. The largest absolute Gasteiger partial charge is 0.477 e. The van der Waals surface area contributed by atoms with Crippen LogP contribution in [0.25, 0.3) is 42.8 Å². The van der Waals surface area contributed by atoms with E-state index in [4.69, 9.17) is 21.3 Å². The second-order valence-electron chi connectivity index (χ2n) is 6.48. The third kappa shape index (κ3) is 3.22. The molecule has 5 rings (SSSR count). The summed E-state index contributed by atoms with van der Waals surface area (Å²) in [5, 5.41) is 1.15. The zero-order chi connectivity index (χ0) is 19.8. The van der Waals surface area contributed by atoms with Crippen LogP contribution in [-0.4, -0.2) is 21.6 Å². The fraction of sp³-hybridized carbons (Fsp3) is 0.0870. The SMILES string of the molecule is CCOc1nc(Cl)nc2c1sc1nc(-c3ccccc3)cc(-c3ccccc3)c12. The van der Waals surface area contributed by atoms with Crippen LogP contribution in [0, 0.1) is 0 Å². The fourth-order valence-corrected chi connectivity index (χ4v) is 4.67. The standard InChI is InChI=1S/C23H16ClN3OS/c1-2-28-21-20-19(26-23(24)27-21)18-16(14-9-5-3-6-10-14)13-17(25-22(18)29-20)15-11-7-4-8-12-15/h3-13H,2H2,1H3. The monoisotopic (exact) mass is 417 g/mol. The van der Waals surface area contributed by atoms with Crippen molar-refractivity contribution >= 4 is 43.4 Å². The van der Waals surface area contributed by atoms with Gasteiger partial charge in [-0.2, -0.15) is 4.98 Å². The Morgan fingerprint density at radius 1 is 0.897 bits per heavy atom. The third-order valence-corrected chi connectivity index (χ3v) is 5.89. The van der Waals surface area contributed by atoms with E-state index >= 15 is 0 Å². The number of ether oxygens (including phenoxy) is 1. The summed E-state index contributed by atoms with van der Waals surface area (Å²) in [6.07, 6.45) is 0. The van der Waals surface area contributed by atoms with Gasteiger partial charge in [0.1, 0.15) is 15.0 Å². The van der Waals surface area contributed by atoms with E-state index in [1.54, 1.807) is 0 Å². The number of hydrogen-bond acceptors (Lipinski definition) is 5. The molecule has 0 aliphatic rings. The van der Waals surface area contributed by atoms with Gasteiger partial charge >= 0.3 is 0 Å². The summed E-state index contributed by atoms with van der Waals surface area (Å²) in [6, 6.07) is 22.6. The minimum absolute atomic E-state index is 0.173. The number of aromatic nitrogens is 3. The zero-order valence-corrected chi connectivity index (χ0v) is 17.2. The molecule has 0 saturated carbocycles. The van der Waals surface area contributed by atoms with Gasteiger partial charge in [0, 0.05) is 10.9 Å².